The molecule has 114 valence electrons. The minimum absolute atomic E-state index is 0.0698. The van der Waals surface area contributed by atoms with Crippen molar-refractivity contribution in [2.45, 2.75) is 44.4 Å². The number of sulfonamides is 1. The van der Waals surface area contributed by atoms with Gasteiger partial charge in [0.1, 0.15) is 5.82 Å². The number of nitrogens with two attached hydrogens (primary N) is 1. The Morgan fingerprint density at radius 2 is 2.05 bits per heavy atom. The second-order valence-electron chi connectivity index (χ2n) is 5.08. The number of unbranched alkanes of at least 4 members (excludes halogenated alkanes) is 2. The van der Waals surface area contributed by atoms with Crippen LogP contribution in [0.2, 0.25) is 0 Å². The lowest BCUT2D eigenvalue weighted by molar-refractivity contribution is 0.598. The molecule has 3 N–H and O–H groups in total. The van der Waals surface area contributed by atoms with Crippen molar-refractivity contribution in [1.82, 2.24) is 15.2 Å². The van der Waals surface area contributed by atoms with Crippen LogP contribution < -0.4 is 5.14 Å². The molecule has 1 aromatic heterocycles. The number of aromatic amines is 1. The summed E-state index contributed by atoms with van der Waals surface area (Å²) in [6, 6.07) is 4.72. The predicted molar refractivity (Wildman–Crippen MR) is 81.2 cm³/mol. The minimum atomic E-state index is -3.73. The fraction of sp³-hybridized carbons (Fsp3) is 0.429. The predicted octanol–water partition coefficient (Wildman–Crippen LogP) is 2.16. The van der Waals surface area contributed by atoms with E-state index < -0.39 is 10.0 Å². The zero-order chi connectivity index (χ0) is 15.5. The molecule has 0 saturated heterocycles. The summed E-state index contributed by atoms with van der Waals surface area (Å²) in [7, 11) is -3.73. The van der Waals surface area contributed by atoms with Gasteiger partial charge in [0.05, 0.1) is 4.90 Å². The number of nitrogens with one attached hydrogen (secondary N) is 1. The summed E-state index contributed by atoms with van der Waals surface area (Å²) >= 11 is 0. The Morgan fingerprint density at radius 3 is 2.71 bits per heavy atom. The monoisotopic (exact) mass is 308 g/mol. The third kappa shape index (κ3) is 3.89. The molecule has 1 heterocycles. The van der Waals surface area contributed by atoms with Crippen LogP contribution in [-0.4, -0.2) is 23.6 Å². The van der Waals surface area contributed by atoms with Crippen molar-refractivity contribution in [2.75, 3.05) is 0 Å². The molecule has 0 unspecified atom stereocenters. The third-order valence-corrected chi connectivity index (χ3v) is 4.24. The summed E-state index contributed by atoms with van der Waals surface area (Å²) in [6.45, 7) is 4.03. The van der Waals surface area contributed by atoms with E-state index in [1.54, 1.807) is 6.07 Å². The minimum Gasteiger partial charge on any atom is -0.263 e. The van der Waals surface area contributed by atoms with E-state index in [1.165, 1.54) is 12.1 Å². The lowest BCUT2D eigenvalue weighted by Gasteiger charge is -2.04. The molecule has 0 bridgehead atoms. The molecule has 2 aromatic rings. The van der Waals surface area contributed by atoms with Crippen LogP contribution in [0.5, 0.6) is 0 Å². The quantitative estimate of drug-likeness (QED) is 0.798. The molecule has 1 aromatic carbocycles. The van der Waals surface area contributed by atoms with Crippen molar-refractivity contribution in [1.29, 1.82) is 0 Å². The van der Waals surface area contributed by atoms with Gasteiger partial charge in [0.2, 0.25) is 10.0 Å². The van der Waals surface area contributed by atoms with Gasteiger partial charge in [-0.05, 0) is 31.0 Å². The summed E-state index contributed by atoms with van der Waals surface area (Å²) in [6.07, 6.45) is 4.20. The van der Waals surface area contributed by atoms with Gasteiger partial charge in [-0.15, -0.1) is 0 Å². The number of rotatable bonds is 6. The van der Waals surface area contributed by atoms with Crippen molar-refractivity contribution in [3.63, 3.8) is 0 Å². The van der Waals surface area contributed by atoms with Gasteiger partial charge in [0.25, 0.3) is 0 Å². The Balaban J connectivity index is 2.29. The summed E-state index contributed by atoms with van der Waals surface area (Å²) < 4.78 is 22.9. The highest BCUT2D eigenvalue weighted by Crippen LogP contribution is 2.23. The largest absolute Gasteiger partial charge is 0.263 e. The maximum atomic E-state index is 11.4. The van der Waals surface area contributed by atoms with E-state index in [0.717, 1.165) is 37.1 Å². The maximum Gasteiger partial charge on any atom is 0.238 e. The van der Waals surface area contributed by atoms with E-state index in [1.807, 2.05) is 6.92 Å². The highest BCUT2D eigenvalue weighted by Gasteiger charge is 2.14. The Morgan fingerprint density at radius 1 is 1.29 bits per heavy atom. The average Bonchev–Trinajstić information content (AvgIpc) is 2.87. The first kappa shape index (κ1) is 15.7. The molecule has 0 atom stereocenters. The van der Waals surface area contributed by atoms with Gasteiger partial charge in [-0.25, -0.2) is 18.5 Å². The molecule has 0 aliphatic heterocycles. The highest BCUT2D eigenvalue weighted by molar-refractivity contribution is 7.89. The van der Waals surface area contributed by atoms with Crippen molar-refractivity contribution in [3.05, 3.63) is 29.6 Å². The molecule has 21 heavy (non-hydrogen) atoms. The smallest absolute Gasteiger partial charge is 0.238 e. The zero-order valence-corrected chi connectivity index (χ0v) is 13.1. The van der Waals surface area contributed by atoms with Crippen LogP contribution >= 0.6 is 0 Å². The first-order chi connectivity index (χ1) is 9.91. The van der Waals surface area contributed by atoms with E-state index >= 15 is 0 Å². The van der Waals surface area contributed by atoms with E-state index in [0.29, 0.717) is 11.4 Å². The van der Waals surface area contributed by atoms with Gasteiger partial charge in [0.15, 0.2) is 5.82 Å². The first-order valence-corrected chi connectivity index (χ1v) is 8.51. The fourth-order valence-corrected chi connectivity index (χ4v) is 2.63. The third-order valence-electron chi connectivity index (χ3n) is 3.33. The number of hydrogen-bond donors (Lipinski definition) is 2. The number of aromatic nitrogens is 3. The van der Waals surface area contributed by atoms with Crippen LogP contribution in [0.1, 0.15) is 37.6 Å². The highest BCUT2D eigenvalue weighted by atomic mass is 32.2. The Bertz CT molecular complexity index is 722. The maximum absolute atomic E-state index is 11.4. The molecule has 0 aliphatic rings. The van der Waals surface area contributed by atoms with Crippen molar-refractivity contribution >= 4 is 10.0 Å². The summed E-state index contributed by atoms with van der Waals surface area (Å²) in [5, 5.41) is 12.2. The molecule has 0 amide bonds. The molecule has 2 rings (SSSR count). The fourth-order valence-electron chi connectivity index (χ4n) is 2.09. The van der Waals surface area contributed by atoms with Gasteiger partial charge in [0, 0.05) is 12.0 Å². The summed E-state index contributed by atoms with van der Waals surface area (Å²) in [5.74, 6) is 1.32. The summed E-state index contributed by atoms with van der Waals surface area (Å²) in [5.41, 5.74) is 1.58. The van der Waals surface area contributed by atoms with Crippen molar-refractivity contribution in [2.24, 2.45) is 5.14 Å². The van der Waals surface area contributed by atoms with Crippen LogP contribution in [0, 0.1) is 6.92 Å². The van der Waals surface area contributed by atoms with Crippen LogP contribution in [0.4, 0.5) is 0 Å². The van der Waals surface area contributed by atoms with Crippen LogP contribution in [0.25, 0.3) is 11.4 Å². The topological polar surface area (TPSA) is 102 Å². The van der Waals surface area contributed by atoms with E-state index in [9.17, 15) is 8.42 Å². The first-order valence-electron chi connectivity index (χ1n) is 6.97. The van der Waals surface area contributed by atoms with Gasteiger partial charge < -0.3 is 0 Å². The molecule has 0 fully saturated rings. The molecule has 6 nitrogen and oxygen atoms in total. The Labute approximate surface area is 124 Å². The molecule has 7 heteroatoms. The lowest BCUT2D eigenvalue weighted by Crippen LogP contribution is -2.12. The number of benzene rings is 1. The van der Waals surface area contributed by atoms with E-state index in [-0.39, 0.29) is 4.90 Å². The number of aryl methyl sites for hydroxylation is 2. The van der Waals surface area contributed by atoms with Gasteiger partial charge in [-0.3, -0.25) is 5.10 Å². The van der Waals surface area contributed by atoms with Crippen LogP contribution in [-0.2, 0) is 16.4 Å². The van der Waals surface area contributed by atoms with Gasteiger partial charge in [-0.1, -0.05) is 25.8 Å². The summed E-state index contributed by atoms with van der Waals surface area (Å²) in [4.78, 5) is 4.50. The number of H-pyrrole nitrogens is 1. The Kier molecular flexibility index (Phi) is 4.74. The number of hydrogen-bond acceptors (Lipinski definition) is 4. The molecule has 0 spiro atoms. The van der Waals surface area contributed by atoms with Gasteiger partial charge >= 0.3 is 0 Å². The van der Waals surface area contributed by atoms with Crippen LogP contribution in [0.3, 0.4) is 0 Å². The van der Waals surface area contributed by atoms with Crippen LogP contribution in [0.15, 0.2) is 23.1 Å². The SMILES string of the molecule is CCCCCc1nc(-c2cc(S(N)(=O)=O)ccc2C)n[nH]1. The second-order valence-corrected chi connectivity index (χ2v) is 6.65. The second kappa shape index (κ2) is 6.36. The zero-order valence-electron chi connectivity index (χ0n) is 12.3. The molecular weight excluding hydrogens is 288 g/mol. The lowest BCUT2D eigenvalue weighted by atomic mass is 10.1. The number of nitrogens with zero attached hydrogens (tertiary/aromatic N) is 2. The molecule has 0 radical (unpaired) electrons. The molecule has 0 aliphatic carbocycles. The Hall–Kier alpha value is -1.73. The molecular formula is C14H20N4O2S. The van der Waals surface area contributed by atoms with Crippen molar-refractivity contribution in [3.8, 4) is 11.4 Å². The average molecular weight is 308 g/mol. The normalized spacial score (nSPS) is 11.8. The van der Waals surface area contributed by atoms with E-state index in [4.69, 9.17) is 5.14 Å². The van der Waals surface area contributed by atoms with Crippen molar-refractivity contribution < 1.29 is 8.42 Å². The standard InChI is InChI=1S/C14H20N4O2S/c1-3-4-5-6-13-16-14(18-17-13)12-9-11(21(15,19)20)8-7-10(12)2/h7-9H,3-6H2,1-2H3,(H2,15,19,20)(H,16,17,18). The van der Waals surface area contributed by atoms with Gasteiger partial charge in [-0.2, -0.15) is 5.10 Å². The molecule has 0 saturated carbocycles. The van der Waals surface area contributed by atoms with E-state index in [2.05, 4.69) is 22.1 Å². The number of primary sulfonamides is 1.